The van der Waals surface area contributed by atoms with E-state index in [0.717, 1.165) is 47.0 Å². The summed E-state index contributed by atoms with van der Waals surface area (Å²) in [6, 6.07) is 19.6. The third-order valence-corrected chi connectivity index (χ3v) is 8.98. The van der Waals surface area contributed by atoms with Crippen molar-refractivity contribution in [3.63, 3.8) is 0 Å². The fraction of sp³-hybridized carbons (Fsp3) is 0.419. The van der Waals surface area contributed by atoms with E-state index in [1.54, 1.807) is 10.7 Å². The van der Waals surface area contributed by atoms with E-state index in [-0.39, 0.29) is 5.69 Å². The molecule has 2 saturated carbocycles. The first kappa shape index (κ1) is 22.8. The number of hydrogen-bond acceptors (Lipinski definition) is 3. The van der Waals surface area contributed by atoms with Crippen LogP contribution >= 0.6 is 0 Å². The number of nitrogens with zero attached hydrogens (tertiary/aromatic N) is 4. The Kier molecular flexibility index (Phi) is 5.47. The highest BCUT2D eigenvalue weighted by atomic mass is 16.1. The molecule has 2 aliphatic carbocycles. The molecule has 3 aliphatic rings. The van der Waals surface area contributed by atoms with E-state index in [4.69, 9.17) is 5.73 Å². The van der Waals surface area contributed by atoms with Crippen LogP contribution in [0.1, 0.15) is 58.9 Å². The predicted octanol–water partition coefficient (Wildman–Crippen LogP) is 5.12. The molecule has 1 aliphatic heterocycles. The van der Waals surface area contributed by atoms with Gasteiger partial charge in [-0.05, 0) is 97.7 Å². The first-order chi connectivity index (χ1) is 18.0. The minimum Gasteiger partial charge on any atom is -0.364 e. The quantitative estimate of drug-likeness (QED) is 0.389. The third kappa shape index (κ3) is 4.37. The van der Waals surface area contributed by atoms with Gasteiger partial charge in [0.15, 0.2) is 5.69 Å². The predicted molar refractivity (Wildman–Crippen MR) is 146 cm³/mol. The van der Waals surface area contributed by atoms with E-state index in [2.05, 4.69) is 69.3 Å². The summed E-state index contributed by atoms with van der Waals surface area (Å²) < 4.78 is 4.07. The summed E-state index contributed by atoms with van der Waals surface area (Å²) >= 11 is 0. The maximum atomic E-state index is 11.5. The summed E-state index contributed by atoms with van der Waals surface area (Å²) in [6.07, 6.45) is 7.81. The number of aromatic nitrogens is 3. The number of hydrogen-bond donors (Lipinski definition) is 1. The molecule has 0 radical (unpaired) electrons. The second-order valence-electron chi connectivity index (χ2n) is 11.7. The molecule has 0 spiro atoms. The third-order valence-electron chi connectivity index (χ3n) is 8.98. The van der Waals surface area contributed by atoms with Crippen molar-refractivity contribution in [3.05, 3.63) is 83.3 Å². The molecule has 2 aromatic heterocycles. The highest BCUT2D eigenvalue weighted by Crippen LogP contribution is 2.47. The molecule has 6 heteroatoms. The molecule has 1 saturated heterocycles. The average molecular weight is 494 g/mol. The zero-order valence-electron chi connectivity index (χ0n) is 21.5. The number of carbonyl (C=O) groups is 1. The molecule has 4 aromatic rings. The highest BCUT2D eigenvalue weighted by molar-refractivity contribution is 5.91. The van der Waals surface area contributed by atoms with Crippen molar-refractivity contribution in [1.29, 1.82) is 0 Å². The van der Waals surface area contributed by atoms with Crippen LogP contribution in [-0.2, 0) is 6.54 Å². The number of amides is 1. The van der Waals surface area contributed by atoms with Crippen molar-refractivity contribution in [2.24, 2.45) is 23.5 Å². The first-order valence-corrected chi connectivity index (χ1v) is 13.8. The number of rotatable bonds is 7. The Morgan fingerprint density at radius 2 is 1.76 bits per heavy atom. The van der Waals surface area contributed by atoms with Crippen LogP contribution in [0.15, 0.2) is 60.8 Å². The zero-order chi connectivity index (χ0) is 25.1. The van der Waals surface area contributed by atoms with Crippen molar-refractivity contribution in [2.45, 2.75) is 45.1 Å². The van der Waals surface area contributed by atoms with E-state index < -0.39 is 5.91 Å². The van der Waals surface area contributed by atoms with Gasteiger partial charge < -0.3 is 15.2 Å². The van der Waals surface area contributed by atoms with Crippen molar-refractivity contribution in [1.82, 2.24) is 19.2 Å². The van der Waals surface area contributed by atoms with Gasteiger partial charge in [0.2, 0.25) is 0 Å². The summed E-state index contributed by atoms with van der Waals surface area (Å²) in [4.78, 5) is 14.3. The van der Waals surface area contributed by atoms with Crippen LogP contribution in [0, 0.1) is 24.7 Å². The van der Waals surface area contributed by atoms with Crippen molar-refractivity contribution in [3.8, 4) is 5.69 Å². The Hall–Kier alpha value is -3.38. The smallest absolute Gasteiger partial charge is 0.269 e. The van der Waals surface area contributed by atoms with E-state index in [1.165, 1.54) is 62.0 Å². The van der Waals surface area contributed by atoms with Gasteiger partial charge in [0.05, 0.1) is 5.69 Å². The van der Waals surface area contributed by atoms with Crippen LogP contribution in [0.4, 0.5) is 0 Å². The van der Waals surface area contributed by atoms with Crippen molar-refractivity contribution < 1.29 is 4.79 Å². The lowest BCUT2D eigenvalue weighted by Gasteiger charge is -2.19. The number of likely N-dealkylation sites (tertiary alicyclic amines) is 1. The SMILES string of the molecule is Cc1cc(C(N)=O)nn1-c1ccc2c(ccn2Cc2ccc([C@H]3C[C@@H]4CN(CC5CC5)C[C@@H]4C3)cc2)c1. The van der Waals surface area contributed by atoms with Gasteiger partial charge in [-0.15, -0.1) is 0 Å². The summed E-state index contributed by atoms with van der Waals surface area (Å²) in [5, 5.41) is 5.52. The zero-order valence-corrected chi connectivity index (χ0v) is 21.5. The molecule has 2 N–H and O–H groups in total. The molecule has 3 atom stereocenters. The first-order valence-electron chi connectivity index (χ1n) is 13.8. The molecule has 6 nitrogen and oxygen atoms in total. The topological polar surface area (TPSA) is 69.1 Å². The molecule has 190 valence electrons. The van der Waals surface area contributed by atoms with Crippen molar-refractivity contribution in [2.75, 3.05) is 19.6 Å². The maximum Gasteiger partial charge on any atom is 0.269 e. The van der Waals surface area contributed by atoms with Gasteiger partial charge >= 0.3 is 0 Å². The van der Waals surface area contributed by atoms with E-state index in [0.29, 0.717) is 0 Å². The number of benzene rings is 2. The van der Waals surface area contributed by atoms with E-state index in [9.17, 15) is 4.79 Å². The Morgan fingerprint density at radius 3 is 2.43 bits per heavy atom. The minimum absolute atomic E-state index is 0.287. The van der Waals surface area contributed by atoms with Gasteiger partial charge in [0.1, 0.15) is 0 Å². The lowest BCUT2D eigenvalue weighted by atomic mass is 9.95. The molecule has 0 unspecified atom stereocenters. The fourth-order valence-corrected chi connectivity index (χ4v) is 6.89. The Bertz CT molecular complexity index is 1450. The van der Waals surface area contributed by atoms with Gasteiger partial charge in [-0.25, -0.2) is 4.68 Å². The number of aryl methyl sites for hydroxylation is 1. The lowest BCUT2D eigenvalue weighted by Crippen LogP contribution is -2.24. The Morgan fingerprint density at radius 1 is 1.00 bits per heavy atom. The molecular weight excluding hydrogens is 458 g/mol. The van der Waals surface area contributed by atoms with Gasteiger partial charge in [-0.2, -0.15) is 5.10 Å². The molecule has 3 fully saturated rings. The van der Waals surface area contributed by atoms with Gasteiger partial charge in [0, 0.05) is 49.0 Å². The van der Waals surface area contributed by atoms with Gasteiger partial charge in [-0.3, -0.25) is 4.79 Å². The molecule has 1 amide bonds. The maximum absolute atomic E-state index is 11.5. The molecular formula is C31H35N5O. The average Bonchev–Trinajstić information content (AvgIpc) is 3.18. The normalized spacial score (nSPS) is 23.6. The number of nitrogens with two attached hydrogens (primary N) is 1. The van der Waals surface area contributed by atoms with Gasteiger partial charge in [-0.1, -0.05) is 24.3 Å². The minimum atomic E-state index is -0.508. The highest BCUT2D eigenvalue weighted by Gasteiger charge is 2.42. The number of primary amides is 1. The number of fused-ring (bicyclic) bond motifs is 2. The van der Waals surface area contributed by atoms with E-state index in [1.807, 2.05) is 6.92 Å². The largest absolute Gasteiger partial charge is 0.364 e. The van der Waals surface area contributed by atoms with Crippen LogP contribution in [0.25, 0.3) is 16.6 Å². The standard InChI is InChI=1S/C31H35N5O/c1-20-12-29(31(32)37)33-36(20)28-8-9-30-24(15-28)10-11-35(30)17-22-4-6-23(7-5-22)25-13-26-18-34(16-21-2-3-21)19-27(26)14-25/h4-12,15,21,25-27H,2-3,13-14,16-19H2,1H3,(H2,32,37)/t25-,26+,27-. The van der Waals surface area contributed by atoms with Crippen LogP contribution < -0.4 is 5.73 Å². The van der Waals surface area contributed by atoms with Crippen molar-refractivity contribution >= 4 is 16.8 Å². The Balaban J connectivity index is 1.02. The van der Waals surface area contributed by atoms with Crippen LogP contribution in [-0.4, -0.2) is 44.8 Å². The lowest BCUT2D eigenvalue weighted by molar-refractivity contribution is 0.0995. The molecule has 0 bridgehead atoms. The summed E-state index contributed by atoms with van der Waals surface area (Å²) in [5.41, 5.74) is 11.5. The number of carbonyl (C=O) groups excluding carboxylic acids is 1. The monoisotopic (exact) mass is 493 g/mol. The molecule has 7 rings (SSSR count). The van der Waals surface area contributed by atoms with Crippen LogP contribution in [0.5, 0.6) is 0 Å². The Labute approximate surface area is 218 Å². The molecule has 3 heterocycles. The van der Waals surface area contributed by atoms with E-state index >= 15 is 0 Å². The summed E-state index contributed by atoms with van der Waals surface area (Å²) in [6.45, 7) is 6.82. The fourth-order valence-electron chi connectivity index (χ4n) is 6.89. The molecule has 37 heavy (non-hydrogen) atoms. The van der Waals surface area contributed by atoms with Gasteiger partial charge in [0.25, 0.3) is 5.91 Å². The van der Waals surface area contributed by atoms with Crippen LogP contribution in [0.3, 0.4) is 0 Å². The summed E-state index contributed by atoms with van der Waals surface area (Å²) in [5.74, 6) is 3.06. The second-order valence-corrected chi connectivity index (χ2v) is 11.7. The van der Waals surface area contributed by atoms with Crippen LogP contribution in [0.2, 0.25) is 0 Å². The second kappa shape index (κ2) is 8.88. The summed E-state index contributed by atoms with van der Waals surface area (Å²) in [7, 11) is 0. The molecule has 2 aromatic carbocycles.